The number of ether oxygens (including phenoxy) is 3. The van der Waals surface area contributed by atoms with E-state index in [9.17, 15) is 18.0 Å². The molecule has 0 spiro atoms. The van der Waals surface area contributed by atoms with Crippen LogP contribution in [-0.2, 0) is 22.1 Å². The largest absolute Gasteiger partial charge is 0.469 e. The summed E-state index contributed by atoms with van der Waals surface area (Å²) in [5, 5.41) is 0. The molecule has 164 valence electrons. The van der Waals surface area contributed by atoms with Gasteiger partial charge in [-0.2, -0.15) is 13.2 Å². The molecule has 0 saturated heterocycles. The zero-order chi connectivity index (χ0) is 22.7. The summed E-state index contributed by atoms with van der Waals surface area (Å²) < 4.78 is 58.7. The fraction of sp³-hybridized carbons (Fsp3) is 0.130. The lowest BCUT2D eigenvalue weighted by Crippen LogP contribution is -2.08. The second-order valence-corrected chi connectivity index (χ2v) is 6.81. The van der Waals surface area contributed by atoms with Crippen LogP contribution in [0.3, 0.4) is 0 Å². The summed E-state index contributed by atoms with van der Waals surface area (Å²) in [5.74, 6) is -0.384. The van der Waals surface area contributed by atoms with Gasteiger partial charge in [-0.15, -0.1) is 0 Å². The van der Waals surface area contributed by atoms with E-state index < -0.39 is 17.7 Å². The van der Waals surface area contributed by atoms with Crippen LogP contribution < -0.4 is 9.47 Å². The highest BCUT2D eigenvalue weighted by Crippen LogP contribution is 2.41. The Morgan fingerprint density at radius 1 is 1.00 bits per heavy atom. The average molecular weight is 442 g/mol. The molecule has 0 N–H and O–H groups in total. The summed E-state index contributed by atoms with van der Waals surface area (Å²) in [6, 6.07) is 14.8. The lowest BCUT2D eigenvalue weighted by atomic mass is 10.1. The molecule has 9 heteroatoms. The topological polar surface area (TPSA) is 62.1 Å². The lowest BCUT2D eigenvalue weighted by molar-refractivity contribution is -0.140. The minimum atomic E-state index is -4.68. The molecule has 0 aliphatic heterocycles. The van der Waals surface area contributed by atoms with Gasteiger partial charge in [0, 0.05) is 0 Å². The molecule has 0 atom stereocenters. The van der Waals surface area contributed by atoms with Crippen molar-refractivity contribution in [2.75, 3.05) is 7.11 Å². The van der Waals surface area contributed by atoms with E-state index in [1.807, 2.05) is 0 Å². The van der Waals surface area contributed by atoms with E-state index in [0.717, 1.165) is 11.6 Å². The van der Waals surface area contributed by atoms with Gasteiger partial charge in [0.2, 0.25) is 5.88 Å². The number of benzene rings is 2. The maximum atomic E-state index is 13.8. The number of carbonyl (C=O) groups is 1. The molecule has 32 heavy (non-hydrogen) atoms. The van der Waals surface area contributed by atoms with Crippen molar-refractivity contribution in [1.29, 1.82) is 0 Å². The van der Waals surface area contributed by atoms with Crippen LogP contribution in [0.1, 0.15) is 11.1 Å². The zero-order valence-electron chi connectivity index (χ0n) is 16.8. The molecule has 0 amide bonds. The van der Waals surface area contributed by atoms with Crippen molar-refractivity contribution < 1.29 is 32.2 Å². The number of imidazole rings is 1. The summed E-state index contributed by atoms with van der Waals surface area (Å²) in [4.78, 5) is 15.5. The highest BCUT2D eigenvalue weighted by Gasteiger charge is 2.35. The fourth-order valence-electron chi connectivity index (χ4n) is 3.09. The zero-order valence-corrected chi connectivity index (χ0v) is 16.8. The molecule has 2 heterocycles. The Kier molecular flexibility index (Phi) is 5.72. The van der Waals surface area contributed by atoms with Crippen molar-refractivity contribution in [3.05, 3.63) is 84.3 Å². The summed E-state index contributed by atoms with van der Waals surface area (Å²) in [5.41, 5.74) is 0.299. The number of halogens is 3. The van der Waals surface area contributed by atoms with Crippen molar-refractivity contribution in [2.24, 2.45) is 0 Å². The van der Waals surface area contributed by atoms with Gasteiger partial charge in [-0.25, -0.2) is 4.98 Å². The molecule has 0 fully saturated rings. The standard InChI is InChI=1S/C23H17F3N2O4/c1-30-22(29)11-15-4-2-6-17(10-15)31-20-9-8-18(12-19(20)23(24,25)26)32-21-7-3-5-16-13-27-14-28(16)21/h2-10,12-14H,11H2,1H3. The van der Waals surface area contributed by atoms with Crippen molar-refractivity contribution in [1.82, 2.24) is 9.38 Å². The molecule has 2 aromatic carbocycles. The second-order valence-electron chi connectivity index (χ2n) is 6.81. The molecular weight excluding hydrogens is 425 g/mol. The molecule has 6 nitrogen and oxygen atoms in total. The number of methoxy groups -OCH3 is 1. The van der Waals surface area contributed by atoms with Crippen LogP contribution in [-0.4, -0.2) is 22.5 Å². The number of rotatable bonds is 6. The first kappa shape index (κ1) is 21.2. The van der Waals surface area contributed by atoms with Crippen LogP contribution in [0.2, 0.25) is 0 Å². The maximum absolute atomic E-state index is 13.8. The van der Waals surface area contributed by atoms with Gasteiger partial charge in [0.15, 0.2) is 0 Å². The summed E-state index contributed by atoms with van der Waals surface area (Å²) in [7, 11) is 1.26. The number of carbonyl (C=O) groups excluding carboxylic acids is 1. The number of hydrogen-bond donors (Lipinski definition) is 0. The summed E-state index contributed by atoms with van der Waals surface area (Å²) in [6.07, 6.45) is -1.58. The number of aromatic nitrogens is 2. The van der Waals surface area contributed by atoms with E-state index >= 15 is 0 Å². The van der Waals surface area contributed by atoms with Crippen LogP contribution in [0.5, 0.6) is 23.1 Å². The monoisotopic (exact) mass is 442 g/mol. The molecule has 0 unspecified atom stereocenters. The van der Waals surface area contributed by atoms with Crippen LogP contribution in [0.25, 0.3) is 5.52 Å². The Morgan fingerprint density at radius 3 is 2.56 bits per heavy atom. The maximum Gasteiger partial charge on any atom is 0.420 e. The minimum absolute atomic E-state index is 0.00897. The predicted molar refractivity (Wildman–Crippen MR) is 109 cm³/mol. The van der Waals surface area contributed by atoms with Crippen molar-refractivity contribution >= 4 is 11.5 Å². The predicted octanol–water partition coefficient (Wildman–Crippen LogP) is 5.65. The van der Waals surface area contributed by atoms with Crippen LogP contribution in [0, 0.1) is 0 Å². The smallest absolute Gasteiger partial charge is 0.420 e. The highest BCUT2D eigenvalue weighted by molar-refractivity contribution is 5.72. The number of esters is 1. The normalized spacial score (nSPS) is 11.4. The van der Waals surface area contributed by atoms with Gasteiger partial charge in [0.25, 0.3) is 0 Å². The number of fused-ring (bicyclic) bond motifs is 1. The first-order valence-corrected chi connectivity index (χ1v) is 9.47. The molecule has 2 aromatic heterocycles. The van der Waals surface area contributed by atoms with Crippen LogP contribution in [0.4, 0.5) is 13.2 Å². The quantitative estimate of drug-likeness (QED) is 0.361. The van der Waals surface area contributed by atoms with Crippen molar-refractivity contribution in [3.63, 3.8) is 0 Å². The van der Waals surface area contributed by atoms with E-state index in [1.54, 1.807) is 40.9 Å². The Labute approximate surface area is 180 Å². The molecule has 0 bridgehead atoms. The highest BCUT2D eigenvalue weighted by atomic mass is 19.4. The first-order chi connectivity index (χ1) is 15.3. The molecule has 0 radical (unpaired) electrons. The third-order valence-corrected chi connectivity index (χ3v) is 4.59. The molecule has 0 aliphatic rings. The van der Waals surface area contributed by atoms with E-state index in [2.05, 4.69) is 9.72 Å². The number of pyridine rings is 1. The van der Waals surface area contributed by atoms with Gasteiger partial charge in [0.05, 0.1) is 25.2 Å². The molecule has 4 rings (SSSR count). The summed E-state index contributed by atoms with van der Waals surface area (Å²) in [6.45, 7) is 0. The second kappa shape index (κ2) is 8.62. The Balaban J connectivity index is 1.63. The van der Waals surface area contributed by atoms with Crippen molar-refractivity contribution in [3.8, 4) is 23.1 Å². The SMILES string of the molecule is COC(=O)Cc1cccc(Oc2ccc(Oc3cccc4cncn34)cc2C(F)(F)F)c1. The Bertz CT molecular complexity index is 1270. The Morgan fingerprint density at radius 2 is 1.78 bits per heavy atom. The van der Waals surface area contributed by atoms with Gasteiger partial charge in [-0.1, -0.05) is 18.2 Å². The van der Waals surface area contributed by atoms with Gasteiger partial charge in [-0.3, -0.25) is 9.20 Å². The Hall–Kier alpha value is -4.01. The minimum Gasteiger partial charge on any atom is -0.469 e. The van der Waals surface area contributed by atoms with Gasteiger partial charge >= 0.3 is 12.1 Å². The van der Waals surface area contributed by atoms with Gasteiger partial charge < -0.3 is 14.2 Å². The number of nitrogens with zero attached hydrogens (tertiary/aromatic N) is 2. The molecular formula is C23H17F3N2O4. The molecule has 4 aromatic rings. The van der Waals surface area contributed by atoms with Crippen LogP contribution in [0.15, 0.2) is 73.2 Å². The fourth-order valence-corrected chi connectivity index (χ4v) is 3.09. The summed E-state index contributed by atoms with van der Waals surface area (Å²) >= 11 is 0. The first-order valence-electron chi connectivity index (χ1n) is 9.47. The van der Waals surface area contributed by atoms with E-state index in [-0.39, 0.29) is 23.7 Å². The molecule has 0 aliphatic carbocycles. The van der Waals surface area contributed by atoms with Gasteiger partial charge in [-0.05, 0) is 48.0 Å². The third kappa shape index (κ3) is 4.66. The van der Waals surface area contributed by atoms with Crippen molar-refractivity contribution in [2.45, 2.75) is 12.6 Å². The van der Waals surface area contributed by atoms with Crippen LogP contribution >= 0.6 is 0 Å². The average Bonchev–Trinajstić information content (AvgIpc) is 3.24. The number of alkyl halides is 3. The molecule has 0 saturated carbocycles. The van der Waals surface area contributed by atoms with E-state index in [1.165, 1.54) is 37.7 Å². The van der Waals surface area contributed by atoms with E-state index in [4.69, 9.17) is 9.47 Å². The number of hydrogen-bond acceptors (Lipinski definition) is 5. The lowest BCUT2D eigenvalue weighted by Gasteiger charge is -2.16. The van der Waals surface area contributed by atoms with E-state index in [0.29, 0.717) is 11.4 Å². The van der Waals surface area contributed by atoms with Gasteiger partial charge in [0.1, 0.15) is 29.1 Å². The third-order valence-electron chi connectivity index (χ3n) is 4.59.